The molecule has 4 heteroatoms. The molecule has 28 heavy (non-hydrogen) atoms. The Hall–Kier alpha value is -3.29. The van der Waals surface area contributed by atoms with Gasteiger partial charge in [0.1, 0.15) is 11.9 Å². The summed E-state index contributed by atoms with van der Waals surface area (Å²) in [5, 5.41) is 11.0. The van der Waals surface area contributed by atoms with E-state index in [0.29, 0.717) is 5.56 Å². The number of hydrogen-bond donors (Lipinski definition) is 0. The van der Waals surface area contributed by atoms with Crippen molar-refractivity contribution in [3.63, 3.8) is 0 Å². The molecule has 3 aromatic rings. The van der Waals surface area contributed by atoms with Crippen molar-refractivity contribution in [1.29, 1.82) is 5.26 Å². The van der Waals surface area contributed by atoms with Crippen molar-refractivity contribution in [3.8, 4) is 11.8 Å². The number of nitriles is 1. The molecule has 0 aromatic heterocycles. The van der Waals surface area contributed by atoms with E-state index in [2.05, 4.69) is 18.2 Å². The number of hydroxylamine groups is 1. The molecule has 4 nitrogen and oxygen atoms in total. The zero-order chi connectivity index (χ0) is 19.3. The first kappa shape index (κ1) is 18.1. The van der Waals surface area contributed by atoms with Gasteiger partial charge < -0.3 is 4.74 Å². The molecular weight excluding hydrogens is 348 g/mol. The van der Waals surface area contributed by atoms with Crippen LogP contribution >= 0.6 is 0 Å². The average molecular weight is 370 g/mol. The highest BCUT2D eigenvalue weighted by Gasteiger charge is 2.34. The molecule has 0 spiro atoms. The fourth-order valence-corrected chi connectivity index (χ4v) is 3.63. The van der Waals surface area contributed by atoms with Crippen molar-refractivity contribution in [2.45, 2.75) is 25.0 Å². The predicted octanol–water partition coefficient (Wildman–Crippen LogP) is 5.06. The molecule has 0 N–H and O–H groups in total. The van der Waals surface area contributed by atoms with Crippen LogP contribution in [-0.2, 0) is 11.3 Å². The maximum atomic E-state index is 9.02. The van der Waals surface area contributed by atoms with Gasteiger partial charge in [-0.15, -0.1) is 0 Å². The van der Waals surface area contributed by atoms with Gasteiger partial charge in [-0.05, 0) is 53.9 Å². The Balaban J connectivity index is 1.60. The Morgan fingerprint density at radius 3 is 2.36 bits per heavy atom. The van der Waals surface area contributed by atoms with Gasteiger partial charge in [-0.1, -0.05) is 42.5 Å². The summed E-state index contributed by atoms with van der Waals surface area (Å²) in [6, 6.07) is 28.5. The molecule has 0 aliphatic carbocycles. The van der Waals surface area contributed by atoms with Gasteiger partial charge in [0.15, 0.2) is 0 Å². The van der Waals surface area contributed by atoms with E-state index >= 15 is 0 Å². The molecule has 140 valence electrons. The minimum absolute atomic E-state index is 0.0201. The topological polar surface area (TPSA) is 45.5 Å². The molecule has 0 radical (unpaired) electrons. The third kappa shape index (κ3) is 3.85. The van der Waals surface area contributed by atoms with Crippen LogP contribution in [-0.4, -0.2) is 13.2 Å². The molecule has 1 heterocycles. The first-order chi connectivity index (χ1) is 13.8. The van der Waals surface area contributed by atoms with E-state index in [9.17, 15) is 0 Å². The number of methoxy groups -OCH3 is 1. The van der Waals surface area contributed by atoms with Gasteiger partial charge >= 0.3 is 0 Å². The number of benzene rings is 3. The summed E-state index contributed by atoms with van der Waals surface area (Å²) < 4.78 is 5.28. The fraction of sp³-hybridized carbons (Fsp3) is 0.208. The Morgan fingerprint density at radius 1 is 1.00 bits per heavy atom. The van der Waals surface area contributed by atoms with Crippen molar-refractivity contribution in [2.75, 3.05) is 12.2 Å². The first-order valence-corrected chi connectivity index (χ1v) is 9.41. The highest BCUT2D eigenvalue weighted by atomic mass is 16.7. The summed E-state index contributed by atoms with van der Waals surface area (Å²) in [7, 11) is 1.67. The maximum absolute atomic E-state index is 9.02. The molecule has 3 aromatic carbocycles. The lowest BCUT2D eigenvalue weighted by molar-refractivity contribution is 0.0836. The summed E-state index contributed by atoms with van der Waals surface area (Å²) in [5.74, 6) is 0.825. The third-order valence-corrected chi connectivity index (χ3v) is 5.11. The summed E-state index contributed by atoms with van der Waals surface area (Å²) >= 11 is 0. The second kappa shape index (κ2) is 8.16. The average Bonchev–Trinajstić information content (AvgIpc) is 3.19. The normalized spacial score (nSPS) is 18.6. The summed E-state index contributed by atoms with van der Waals surface area (Å²) in [6.45, 7) is 0. The van der Waals surface area contributed by atoms with Crippen LogP contribution in [0.25, 0.3) is 0 Å². The Kier molecular flexibility index (Phi) is 5.27. The predicted molar refractivity (Wildman–Crippen MR) is 109 cm³/mol. The molecule has 0 amide bonds. The fourth-order valence-electron chi connectivity index (χ4n) is 3.63. The second-order valence-electron chi connectivity index (χ2n) is 6.93. The molecule has 0 saturated carbocycles. The van der Waals surface area contributed by atoms with Crippen LogP contribution in [0.3, 0.4) is 0 Å². The zero-order valence-electron chi connectivity index (χ0n) is 15.8. The van der Waals surface area contributed by atoms with Gasteiger partial charge in [0.2, 0.25) is 0 Å². The SMILES string of the molecule is COc1ccc(N2O[C@@H](c3ccccc3)C[C@H]2Cc2ccc(C#N)cc2)cc1. The lowest BCUT2D eigenvalue weighted by Gasteiger charge is -2.25. The van der Waals surface area contributed by atoms with Crippen LogP contribution in [0.5, 0.6) is 5.75 Å². The summed E-state index contributed by atoms with van der Waals surface area (Å²) in [6.07, 6.45) is 1.77. The Labute approximate surface area is 165 Å². The van der Waals surface area contributed by atoms with Crippen molar-refractivity contribution in [3.05, 3.63) is 95.6 Å². The van der Waals surface area contributed by atoms with Gasteiger partial charge in [-0.2, -0.15) is 5.26 Å². The molecule has 1 saturated heterocycles. The van der Waals surface area contributed by atoms with Crippen LogP contribution in [0.15, 0.2) is 78.9 Å². The smallest absolute Gasteiger partial charge is 0.119 e. The lowest BCUT2D eigenvalue weighted by Crippen LogP contribution is -2.29. The second-order valence-corrected chi connectivity index (χ2v) is 6.93. The molecule has 4 rings (SSSR count). The lowest BCUT2D eigenvalue weighted by atomic mass is 9.97. The molecule has 1 aliphatic heterocycles. The third-order valence-electron chi connectivity index (χ3n) is 5.11. The minimum atomic E-state index is 0.0201. The van der Waals surface area contributed by atoms with Gasteiger partial charge in [0.05, 0.1) is 30.5 Å². The van der Waals surface area contributed by atoms with E-state index in [1.165, 1.54) is 11.1 Å². The Morgan fingerprint density at radius 2 is 1.71 bits per heavy atom. The molecule has 0 unspecified atom stereocenters. The standard InChI is InChI=1S/C24H22N2O2/c1-27-23-13-11-21(12-14-23)26-22(15-18-7-9-19(17-25)10-8-18)16-24(28-26)20-5-3-2-4-6-20/h2-14,22,24H,15-16H2,1H3/t22-,24-/m1/s1. The van der Waals surface area contributed by atoms with Gasteiger partial charge in [0.25, 0.3) is 0 Å². The van der Waals surface area contributed by atoms with Crippen LogP contribution in [0, 0.1) is 11.3 Å². The molecule has 1 aliphatic rings. The van der Waals surface area contributed by atoms with Crippen molar-refractivity contribution in [1.82, 2.24) is 0 Å². The summed E-state index contributed by atoms with van der Waals surface area (Å²) in [4.78, 5) is 6.38. The quantitative estimate of drug-likeness (QED) is 0.630. The monoisotopic (exact) mass is 370 g/mol. The van der Waals surface area contributed by atoms with Gasteiger partial charge in [-0.3, -0.25) is 9.90 Å². The van der Waals surface area contributed by atoms with Crippen LogP contribution < -0.4 is 9.80 Å². The number of ether oxygens (including phenoxy) is 1. The van der Waals surface area contributed by atoms with Crippen molar-refractivity contribution < 1.29 is 9.57 Å². The number of nitrogens with zero attached hydrogens (tertiary/aromatic N) is 2. The van der Waals surface area contributed by atoms with E-state index in [1.807, 2.05) is 71.8 Å². The molecule has 0 bridgehead atoms. The van der Waals surface area contributed by atoms with E-state index < -0.39 is 0 Å². The Bertz CT molecular complexity index is 947. The van der Waals surface area contributed by atoms with E-state index in [4.69, 9.17) is 14.8 Å². The largest absolute Gasteiger partial charge is 0.497 e. The molecular formula is C24H22N2O2. The van der Waals surface area contributed by atoms with Crippen molar-refractivity contribution in [2.24, 2.45) is 0 Å². The molecule has 2 atom stereocenters. The number of rotatable bonds is 5. The first-order valence-electron chi connectivity index (χ1n) is 9.41. The van der Waals surface area contributed by atoms with E-state index in [-0.39, 0.29) is 12.1 Å². The zero-order valence-corrected chi connectivity index (χ0v) is 15.8. The summed E-state index contributed by atoms with van der Waals surface area (Å²) in [5.41, 5.74) is 4.07. The van der Waals surface area contributed by atoms with Gasteiger partial charge in [0, 0.05) is 6.42 Å². The number of hydrogen-bond acceptors (Lipinski definition) is 4. The minimum Gasteiger partial charge on any atom is -0.497 e. The van der Waals surface area contributed by atoms with E-state index in [1.54, 1.807) is 7.11 Å². The van der Waals surface area contributed by atoms with Crippen LogP contribution in [0.1, 0.15) is 29.2 Å². The van der Waals surface area contributed by atoms with E-state index in [0.717, 1.165) is 24.3 Å². The highest BCUT2D eigenvalue weighted by molar-refractivity contribution is 5.49. The maximum Gasteiger partial charge on any atom is 0.119 e. The molecule has 1 fully saturated rings. The van der Waals surface area contributed by atoms with Crippen molar-refractivity contribution >= 4 is 5.69 Å². The number of anilines is 1. The van der Waals surface area contributed by atoms with Gasteiger partial charge in [-0.25, -0.2) is 0 Å². The highest BCUT2D eigenvalue weighted by Crippen LogP contribution is 2.38. The van der Waals surface area contributed by atoms with Crippen LogP contribution in [0.2, 0.25) is 0 Å². The van der Waals surface area contributed by atoms with Crippen LogP contribution in [0.4, 0.5) is 5.69 Å².